The van der Waals surface area contributed by atoms with E-state index >= 15 is 0 Å². The minimum absolute atomic E-state index is 0.0736. The summed E-state index contributed by atoms with van der Waals surface area (Å²) < 4.78 is 0. The SMILES string of the molecule is CCCC(C)(c1ccccc1)c1nccs1. The Bertz CT molecular complexity index is 421. The molecule has 1 nitrogen and oxygen atoms in total. The first-order valence-electron chi connectivity index (χ1n) is 5.73. The van der Waals surface area contributed by atoms with Gasteiger partial charge >= 0.3 is 0 Å². The smallest absolute Gasteiger partial charge is 0.103 e. The van der Waals surface area contributed by atoms with Crippen molar-refractivity contribution in [3.05, 3.63) is 52.5 Å². The van der Waals surface area contributed by atoms with Crippen LogP contribution in [0, 0.1) is 0 Å². The van der Waals surface area contributed by atoms with Gasteiger partial charge in [0.1, 0.15) is 5.01 Å². The number of rotatable bonds is 4. The van der Waals surface area contributed by atoms with Gasteiger partial charge in [0, 0.05) is 17.0 Å². The zero-order chi connectivity index (χ0) is 11.4. The Morgan fingerprint density at radius 3 is 2.56 bits per heavy atom. The van der Waals surface area contributed by atoms with Gasteiger partial charge in [0.2, 0.25) is 0 Å². The third-order valence-electron chi connectivity index (χ3n) is 3.07. The number of thiazole rings is 1. The van der Waals surface area contributed by atoms with E-state index in [0.29, 0.717) is 0 Å². The lowest BCUT2D eigenvalue weighted by atomic mass is 9.79. The molecule has 1 atom stereocenters. The number of nitrogens with zero attached hydrogens (tertiary/aromatic N) is 1. The Morgan fingerprint density at radius 2 is 2.00 bits per heavy atom. The van der Waals surface area contributed by atoms with Gasteiger partial charge in [-0.05, 0) is 18.9 Å². The van der Waals surface area contributed by atoms with Crippen LogP contribution in [0.1, 0.15) is 37.3 Å². The Balaban J connectivity index is 2.44. The van der Waals surface area contributed by atoms with Crippen molar-refractivity contribution < 1.29 is 0 Å². The van der Waals surface area contributed by atoms with Crippen LogP contribution in [0.25, 0.3) is 0 Å². The van der Waals surface area contributed by atoms with Crippen LogP contribution in [0.15, 0.2) is 41.9 Å². The van der Waals surface area contributed by atoms with Crippen molar-refractivity contribution in [1.29, 1.82) is 0 Å². The number of hydrogen-bond donors (Lipinski definition) is 0. The van der Waals surface area contributed by atoms with E-state index in [1.807, 2.05) is 6.20 Å². The minimum atomic E-state index is 0.0736. The molecule has 0 amide bonds. The van der Waals surface area contributed by atoms with Crippen LogP contribution in [-0.2, 0) is 5.41 Å². The molecular weight excluding hydrogens is 214 g/mol. The molecule has 2 heteroatoms. The second-order valence-corrected chi connectivity index (χ2v) is 5.18. The second kappa shape index (κ2) is 4.79. The summed E-state index contributed by atoms with van der Waals surface area (Å²) in [6.07, 6.45) is 4.21. The molecule has 0 N–H and O–H groups in total. The van der Waals surface area contributed by atoms with Crippen LogP contribution in [0.3, 0.4) is 0 Å². The third kappa shape index (κ3) is 2.03. The molecule has 16 heavy (non-hydrogen) atoms. The molecule has 0 bridgehead atoms. The summed E-state index contributed by atoms with van der Waals surface area (Å²) in [5.74, 6) is 0. The summed E-state index contributed by atoms with van der Waals surface area (Å²) in [6.45, 7) is 4.53. The van der Waals surface area contributed by atoms with E-state index in [9.17, 15) is 0 Å². The molecule has 0 fully saturated rings. The summed E-state index contributed by atoms with van der Waals surface area (Å²) in [7, 11) is 0. The van der Waals surface area contributed by atoms with Gasteiger partial charge in [-0.1, -0.05) is 43.7 Å². The predicted molar refractivity (Wildman–Crippen MR) is 69.9 cm³/mol. The molecule has 0 saturated carbocycles. The van der Waals surface area contributed by atoms with Gasteiger partial charge in [-0.25, -0.2) is 4.98 Å². The van der Waals surface area contributed by atoms with E-state index < -0.39 is 0 Å². The molecule has 1 unspecified atom stereocenters. The highest BCUT2D eigenvalue weighted by Crippen LogP contribution is 2.37. The molecule has 0 aliphatic rings. The minimum Gasteiger partial charge on any atom is -0.249 e. The summed E-state index contributed by atoms with van der Waals surface area (Å²) in [4.78, 5) is 4.50. The van der Waals surface area contributed by atoms with E-state index in [1.54, 1.807) is 11.3 Å². The molecule has 0 saturated heterocycles. The van der Waals surface area contributed by atoms with Crippen molar-refractivity contribution >= 4 is 11.3 Å². The molecule has 0 radical (unpaired) electrons. The lowest BCUT2D eigenvalue weighted by Gasteiger charge is -2.27. The first kappa shape index (κ1) is 11.3. The normalized spacial score (nSPS) is 14.6. The fraction of sp³-hybridized carbons (Fsp3) is 0.357. The Hall–Kier alpha value is -1.15. The Morgan fingerprint density at radius 1 is 1.25 bits per heavy atom. The fourth-order valence-electron chi connectivity index (χ4n) is 2.18. The average Bonchev–Trinajstić information content (AvgIpc) is 2.84. The molecule has 0 spiro atoms. The van der Waals surface area contributed by atoms with Crippen LogP contribution >= 0.6 is 11.3 Å². The molecule has 0 aliphatic carbocycles. The standard InChI is InChI=1S/C14H17NS/c1-3-9-14(2,13-15-10-11-16-13)12-7-5-4-6-8-12/h4-8,10-11H,3,9H2,1-2H3. The van der Waals surface area contributed by atoms with Gasteiger partial charge in [-0.2, -0.15) is 0 Å². The highest BCUT2D eigenvalue weighted by molar-refractivity contribution is 7.09. The quantitative estimate of drug-likeness (QED) is 0.766. The highest BCUT2D eigenvalue weighted by atomic mass is 32.1. The van der Waals surface area contributed by atoms with E-state index in [4.69, 9.17) is 0 Å². The zero-order valence-electron chi connectivity index (χ0n) is 9.81. The maximum absolute atomic E-state index is 4.50. The summed E-state index contributed by atoms with van der Waals surface area (Å²) in [5, 5.41) is 3.28. The van der Waals surface area contributed by atoms with E-state index in [0.717, 1.165) is 6.42 Å². The average molecular weight is 231 g/mol. The number of benzene rings is 1. The topological polar surface area (TPSA) is 12.9 Å². The lowest BCUT2D eigenvalue weighted by Crippen LogP contribution is -2.23. The largest absolute Gasteiger partial charge is 0.249 e. The first-order chi connectivity index (χ1) is 7.77. The van der Waals surface area contributed by atoms with Crippen molar-refractivity contribution in [2.45, 2.75) is 32.1 Å². The molecule has 1 aromatic carbocycles. The third-order valence-corrected chi connectivity index (χ3v) is 4.10. The van der Waals surface area contributed by atoms with Gasteiger partial charge in [-0.15, -0.1) is 11.3 Å². The Kier molecular flexibility index (Phi) is 3.39. The summed E-state index contributed by atoms with van der Waals surface area (Å²) in [6, 6.07) is 10.7. The monoisotopic (exact) mass is 231 g/mol. The fourth-order valence-corrected chi connectivity index (χ4v) is 3.03. The van der Waals surface area contributed by atoms with E-state index in [2.05, 4.69) is 54.5 Å². The van der Waals surface area contributed by atoms with Crippen LogP contribution in [0.2, 0.25) is 0 Å². The number of hydrogen-bond acceptors (Lipinski definition) is 2. The maximum atomic E-state index is 4.50. The highest BCUT2D eigenvalue weighted by Gasteiger charge is 2.30. The van der Waals surface area contributed by atoms with Crippen molar-refractivity contribution in [2.24, 2.45) is 0 Å². The van der Waals surface area contributed by atoms with Gasteiger partial charge in [-0.3, -0.25) is 0 Å². The second-order valence-electron chi connectivity index (χ2n) is 4.29. The van der Waals surface area contributed by atoms with Crippen molar-refractivity contribution in [2.75, 3.05) is 0 Å². The van der Waals surface area contributed by atoms with Gasteiger partial charge in [0.15, 0.2) is 0 Å². The van der Waals surface area contributed by atoms with E-state index in [1.165, 1.54) is 17.0 Å². The molecule has 2 aromatic rings. The number of aromatic nitrogens is 1. The van der Waals surface area contributed by atoms with Gasteiger partial charge in [0.25, 0.3) is 0 Å². The van der Waals surface area contributed by atoms with Crippen molar-refractivity contribution in [3.63, 3.8) is 0 Å². The molecule has 0 aliphatic heterocycles. The summed E-state index contributed by atoms with van der Waals surface area (Å²) in [5.41, 5.74) is 1.44. The van der Waals surface area contributed by atoms with Crippen LogP contribution in [0.4, 0.5) is 0 Å². The first-order valence-corrected chi connectivity index (χ1v) is 6.61. The van der Waals surface area contributed by atoms with Crippen molar-refractivity contribution in [1.82, 2.24) is 4.98 Å². The molecule has 1 aromatic heterocycles. The molecule has 2 rings (SSSR count). The zero-order valence-corrected chi connectivity index (χ0v) is 10.6. The van der Waals surface area contributed by atoms with Gasteiger partial charge < -0.3 is 0 Å². The van der Waals surface area contributed by atoms with Crippen LogP contribution in [-0.4, -0.2) is 4.98 Å². The lowest BCUT2D eigenvalue weighted by molar-refractivity contribution is 0.509. The van der Waals surface area contributed by atoms with Crippen molar-refractivity contribution in [3.8, 4) is 0 Å². The summed E-state index contributed by atoms with van der Waals surface area (Å²) >= 11 is 1.75. The van der Waals surface area contributed by atoms with Gasteiger partial charge in [0.05, 0.1) is 0 Å². The molecule has 1 heterocycles. The molecule has 84 valence electrons. The van der Waals surface area contributed by atoms with Crippen LogP contribution < -0.4 is 0 Å². The van der Waals surface area contributed by atoms with Crippen LogP contribution in [0.5, 0.6) is 0 Å². The maximum Gasteiger partial charge on any atom is 0.103 e. The molecular formula is C14H17NS. The predicted octanol–water partition coefficient (Wildman–Crippen LogP) is 4.25. The Labute approximate surface area is 101 Å². The van der Waals surface area contributed by atoms with E-state index in [-0.39, 0.29) is 5.41 Å².